The predicted octanol–water partition coefficient (Wildman–Crippen LogP) is 5.11. The van der Waals surface area contributed by atoms with E-state index in [9.17, 15) is 9.18 Å². The second kappa shape index (κ2) is 9.20. The van der Waals surface area contributed by atoms with Crippen LogP contribution in [0.25, 0.3) is 22.3 Å². The number of hydrogen-bond acceptors (Lipinski definition) is 6. The molecule has 7 nitrogen and oxygen atoms in total. The van der Waals surface area contributed by atoms with E-state index in [0.717, 1.165) is 11.1 Å². The SMILES string of the molecule is COc1ccc(C2C=C(c3cc(-c4ccc(Cl)cc4F)c4nc(C)c(C)c(=O)n4n3)CCO2)cn1. The normalized spacial score (nSPS) is 15.8. The molecule has 0 saturated carbocycles. The number of nitrogens with zero attached hydrogens (tertiary/aromatic N) is 4. The molecular formula is C26H22ClFN4O3. The zero-order chi connectivity index (χ0) is 24.7. The quantitative estimate of drug-likeness (QED) is 0.393. The van der Waals surface area contributed by atoms with Crippen LogP contribution in [0.5, 0.6) is 5.88 Å². The minimum Gasteiger partial charge on any atom is -0.481 e. The highest BCUT2D eigenvalue weighted by Crippen LogP contribution is 2.34. The summed E-state index contributed by atoms with van der Waals surface area (Å²) in [6, 6.07) is 9.86. The third kappa shape index (κ3) is 4.31. The molecule has 4 aromatic rings. The molecule has 1 aliphatic heterocycles. The monoisotopic (exact) mass is 492 g/mol. The fourth-order valence-electron chi connectivity index (χ4n) is 4.06. The molecule has 4 heterocycles. The molecule has 1 aliphatic rings. The summed E-state index contributed by atoms with van der Waals surface area (Å²) in [5.41, 5.74) is 4.06. The summed E-state index contributed by atoms with van der Waals surface area (Å²) in [6.07, 6.45) is 3.88. The van der Waals surface area contributed by atoms with E-state index in [4.69, 9.17) is 21.1 Å². The number of methoxy groups -OCH3 is 1. The molecule has 0 bridgehead atoms. The van der Waals surface area contributed by atoms with E-state index in [0.29, 0.717) is 41.4 Å². The van der Waals surface area contributed by atoms with Crippen molar-refractivity contribution < 1.29 is 13.9 Å². The van der Waals surface area contributed by atoms with Crippen LogP contribution in [-0.2, 0) is 4.74 Å². The first kappa shape index (κ1) is 23.1. The summed E-state index contributed by atoms with van der Waals surface area (Å²) in [5, 5.41) is 4.91. The van der Waals surface area contributed by atoms with E-state index in [1.165, 1.54) is 10.6 Å². The van der Waals surface area contributed by atoms with Gasteiger partial charge in [0.15, 0.2) is 5.65 Å². The molecule has 0 spiro atoms. The molecule has 0 N–H and O–H groups in total. The molecule has 0 amide bonds. The summed E-state index contributed by atoms with van der Waals surface area (Å²) in [7, 11) is 1.56. The molecule has 5 rings (SSSR count). The van der Waals surface area contributed by atoms with Gasteiger partial charge in [0.05, 0.1) is 19.4 Å². The molecule has 0 fully saturated rings. The number of ether oxygens (including phenoxy) is 2. The molecule has 9 heteroatoms. The van der Waals surface area contributed by atoms with Crippen molar-refractivity contribution >= 4 is 22.8 Å². The van der Waals surface area contributed by atoms with Crippen LogP contribution in [0.3, 0.4) is 0 Å². The Balaban J connectivity index is 1.70. The summed E-state index contributed by atoms with van der Waals surface area (Å²) in [5.74, 6) is 0.00398. The van der Waals surface area contributed by atoms with Gasteiger partial charge >= 0.3 is 0 Å². The van der Waals surface area contributed by atoms with Crippen molar-refractivity contribution in [3.05, 3.63) is 92.4 Å². The van der Waals surface area contributed by atoms with Gasteiger partial charge in [0.2, 0.25) is 5.88 Å². The Morgan fingerprint density at radius 2 is 2.00 bits per heavy atom. The number of hydrogen-bond donors (Lipinski definition) is 0. The highest BCUT2D eigenvalue weighted by Gasteiger charge is 2.22. The van der Waals surface area contributed by atoms with Crippen molar-refractivity contribution in [2.45, 2.75) is 26.4 Å². The zero-order valence-electron chi connectivity index (χ0n) is 19.4. The van der Waals surface area contributed by atoms with Crippen LogP contribution in [0, 0.1) is 19.7 Å². The fourth-order valence-corrected chi connectivity index (χ4v) is 4.22. The Labute approximate surface area is 205 Å². The summed E-state index contributed by atoms with van der Waals surface area (Å²) >= 11 is 5.98. The number of pyridine rings is 1. The minimum atomic E-state index is -0.507. The number of rotatable bonds is 4. The van der Waals surface area contributed by atoms with Gasteiger partial charge in [-0.25, -0.2) is 14.4 Å². The first-order chi connectivity index (χ1) is 16.9. The van der Waals surface area contributed by atoms with Crippen molar-refractivity contribution in [3.63, 3.8) is 0 Å². The van der Waals surface area contributed by atoms with Crippen LogP contribution in [0.2, 0.25) is 5.02 Å². The van der Waals surface area contributed by atoms with Crippen LogP contribution in [-0.4, -0.2) is 33.3 Å². The maximum atomic E-state index is 15.0. The fraction of sp³-hybridized carbons (Fsp3) is 0.231. The van der Waals surface area contributed by atoms with Gasteiger partial charge in [0.1, 0.15) is 11.9 Å². The second-order valence-electron chi connectivity index (χ2n) is 8.30. The molecule has 0 saturated heterocycles. The van der Waals surface area contributed by atoms with Crippen molar-refractivity contribution in [2.24, 2.45) is 0 Å². The first-order valence-electron chi connectivity index (χ1n) is 11.0. The highest BCUT2D eigenvalue weighted by atomic mass is 35.5. The molecular weight excluding hydrogens is 471 g/mol. The van der Waals surface area contributed by atoms with Crippen LogP contribution < -0.4 is 10.3 Å². The van der Waals surface area contributed by atoms with E-state index in [1.54, 1.807) is 51.4 Å². The van der Waals surface area contributed by atoms with Gasteiger partial charge in [-0.3, -0.25) is 4.79 Å². The van der Waals surface area contributed by atoms with E-state index < -0.39 is 5.82 Å². The van der Waals surface area contributed by atoms with Gasteiger partial charge in [0, 0.05) is 45.2 Å². The Hall–Kier alpha value is -3.62. The standard InChI is InChI=1S/C26H22ClFN4O3/c1-14-15(2)30-25-20(19-6-5-18(27)11-21(19)28)12-22(31-32(25)26(14)33)16-8-9-35-23(10-16)17-4-7-24(34-3)29-13-17/h4-7,10-13,23H,8-9H2,1-3H3. The number of aromatic nitrogens is 4. The third-order valence-electron chi connectivity index (χ3n) is 6.13. The number of fused-ring (bicyclic) bond motifs is 1. The molecule has 0 aliphatic carbocycles. The molecule has 1 unspecified atom stereocenters. The smallest absolute Gasteiger partial charge is 0.277 e. The Morgan fingerprint density at radius 1 is 1.17 bits per heavy atom. The van der Waals surface area contributed by atoms with Crippen LogP contribution in [0.1, 0.15) is 35.0 Å². The van der Waals surface area contributed by atoms with Gasteiger partial charge in [-0.05, 0) is 62.2 Å². The highest BCUT2D eigenvalue weighted by molar-refractivity contribution is 6.30. The molecule has 1 aromatic carbocycles. The van der Waals surface area contributed by atoms with E-state index in [1.807, 2.05) is 12.1 Å². The number of halogens is 2. The van der Waals surface area contributed by atoms with E-state index in [2.05, 4.69) is 15.1 Å². The molecule has 35 heavy (non-hydrogen) atoms. The summed E-state index contributed by atoms with van der Waals surface area (Å²) in [6.45, 7) is 3.91. The Morgan fingerprint density at radius 3 is 2.71 bits per heavy atom. The molecule has 3 aromatic heterocycles. The maximum absolute atomic E-state index is 15.0. The Bertz CT molecular complexity index is 1530. The average molecular weight is 493 g/mol. The van der Waals surface area contributed by atoms with Crippen molar-refractivity contribution in [2.75, 3.05) is 13.7 Å². The average Bonchev–Trinajstić information content (AvgIpc) is 2.87. The lowest BCUT2D eigenvalue weighted by molar-refractivity contribution is 0.0823. The zero-order valence-corrected chi connectivity index (χ0v) is 20.1. The van der Waals surface area contributed by atoms with Crippen LogP contribution in [0.4, 0.5) is 4.39 Å². The van der Waals surface area contributed by atoms with Gasteiger partial charge in [-0.1, -0.05) is 11.6 Å². The van der Waals surface area contributed by atoms with E-state index >= 15 is 0 Å². The summed E-state index contributed by atoms with van der Waals surface area (Å²) < 4.78 is 27.3. The van der Waals surface area contributed by atoms with Crippen LogP contribution >= 0.6 is 11.6 Å². The lowest BCUT2D eigenvalue weighted by Crippen LogP contribution is -2.23. The van der Waals surface area contributed by atoms with Gasteiger partial charge in [0.25, 0.3) is 5.56 Å². The molecule has 178 valence electrons. The number of benzene rings is 1. The molecule has 0 radical (unpaired) electrons. The predicted molar refractivity (Wildman–Crippen MR) is 131 cm³/mol. The van der Waals surface area contributed by atoms with Crippen LogP contribution in [0.15, 0.2) is 53.5 Å². The third-order valence-corrected chi connectivity index (χ3v) is 6.36. The maximum Gasteiger partial charge on any atom is 0.277 e. The van der Waals surface area contributed by atoms with Gasteiger partial charge in [-0.15, -0.1) is 0 Å². The lowest BCUT2D eigenvalue weighted by atomic mass is 9.98. The van der Waals surface area contributed by atoms with Gasteiger partial charge < -0.3 is 9.47 Å². The van der Waals surface area contributed by atoms with Crippen molar-refractivity contribution in [1.82, 2.24) is 19.6 Å². The largest absolute Gasteiger partial charge is 0.481 e. The lowest BCUT2D eigenvalue weighted by Gasteiger charge is -2.23. The van der Waals surface area contributed by atoms with Gasteiger partial charge in [-0.2, -0.15) is 9.61 Å². The van der Waals surface area contributed by atoms with Crippen molar-refractivity contribution in [3.8, 4) is 17.0 Å². The summed E-state index contributed by atoms with van der Waals surface area (Å²) in [4.78, 5) is 22.0. The molecule has 1 atom stereocenters. The van der Waals surface area contributed by atoms with Crippen molar-refractivity contribution in [1.29, 1.82) is 0 Å². The first-order valence-corrected chi connectivity index (χ1v) is 11.4. The second-order valence-corrected chi connectivity index (χ2v) is 8.73. The topological polar surface area (TPSA) is 78.6 Å². The van der Waals surface area contributed by atoms with E-state index in [-0.39, 0.29) is 27.9 Å². The Kier molecular flexibility index (Phi) is 6.08. The number of aryl methyl sites for hydroxylation is 1. The minimum absolute atomic E-state index is 0.282.